The monoisotopic (exact) mass is 349 g/mol. The van der Waals surface area contributed by atoms with Crippen LogP contribution in [0.15, 0.2) is 51.5 Å². The molecule has 2 aromatic rings. The third kappa shape index (κ3) is 3.48. The van der Waals surface area contributed by atoms with Gasteiger partial charge < -0.3 is 4.42 Å². The number of thioether (sulfide) groups is 2. The molecule has 0 saturated heterocycles. The maximum absolute atomic E-state index is 11.9. The lowest BCUT2D eigenvalue weighted by Gasteiger charge is -1.97. The van der Waals surface area contributed by atoms with E-state index in [9.17, 15) is 4.79 Å². The van der Waals surface area contributed by atoms with Crippen molar-refractivity contribution in [2.75, 3.05) is 5.75 Å². The standard InChI is InChI=1S/C16H12ClNO2S2/c1-2-21-16-18-13(15(19)22-16)9-12-6-7-14(20-12)10-4-3-5-11(17)8-10/h3-9H,2H2,1H3. The largest absolute Gasteiger partial charge is 0.457 e. The van der Waals surface area contributed by atoms with Crippen molar-refractivity contribution in [1.29, 1.82) is 0 Å². The zero-order valence-corrected chi connectivity index (χ0v) is 14.1. The molecule has 0 amide bonds. The zero-order valence-electron chi connectivity index (χ0n) is 11.7. The van der Waals surface area contributed by atoms with Gasteiger partial charge in [0.1, 0.15) is 21.6 Å². The van der Waals surface area contributed by atoms with Crippen LogP contribution in [-0.2, 0) is 4.79 Å². The topological polar surface area (TPSA) is 42.6 Å². The summed E-state index contributed by atoms with van der Waals surface area (Å²) in [7, 11) is 0. The quantitative estimate of drug-likeness (QED) is 0.703. The molecule has 0 radical (unpaired) electrons. The van der Waals surface area contributed by atoms with Gasteiger partial charge in [-0.1, -0.05) is 42.4 Å². The van der Waals surface area contributed by atoms with Crippen LogP contribution >= 0.6 is 35.1 Å². The number of aliphatic imine (C=N–C) groups is 1. The van der Waals surface area contributed by atoms with Crippen LogP contribution in [0.5, 0.6) is 0 Å². The highest BCUT2D eigenvalue weighted by Gasteiger charge is 2.22. The fraction of sp³-hybridized carbons (Fsp3) is 0.125. The molecule has 22 heavy (non-hydrogen) atoms. The maximum Gasteiger partial charge on any atom is 0.244 e. The van der Waals surface area contributed by atoms with Crippen molar-refractivity contribution in [1.82, 2.24) is 0 Å². The molecule has 0 unspecified atom stereocenters. The van der Waals surface area contributed by atoms with Crippen LogP contribution in [0.25, 0.3) is 17.4 Å². The number of nitrogens with zero attached hydrogens (tertiary/aromatic N) is 1. The molecule has 1 aromatic heterocycles. The molecule has 0 spiro atoms. The van der Waals surface area contributed by atoms with Gasteiger partial charge in [-0.15, -0.1) is 0 Å². The first-order valence-corrected chi connectivity index (χ1v) is 8.85. The summed E-state index contributed by atoms with van der Waals surface area (Å²) in [4.78, 5) is 16.2. The summed E-state index contributed by atoms with van der Waals surface area (Å²) in [6.45, 7) is 2.03. The van der Waals surface area contributed by atoms with Crippen molar-refractivity contribution in [3.05, 3.63) is 52.9 Å². The number of rotatable bonds is 3. The van der Waals surface area contributed by atoms with Gasteiger partial charge in [0.25, 0.3) is 0 Å². The first-order chi connectivity index (χ1) is 10.7. The minimum Gasteiger partial charge on any atom is -0.457 e. The Kier molecular flexibility index (Phi) is 4.76. The van der Waals surface area contributed by atoms with Crippen LogP contribution in [0.2, 0.25) is 5.02 Å². The summed E-state index contributed by atoms with van der Waals surface area (Å²) in [5.41, 5.74) is 1.32. The molecule has 0 N–H and O–H groups in total. The van der Waals surface area contributed by atoms with Crippen molar-refractivity contribution in [3.63, 3.8) is 0 Å². The highest BCUT2D eigenvalue weighted by Crippen LogP contribution is 2.32. The second-order valence-electron chi connectivity index (χ2n) is 4.44. The van der Waals surface area contributed by atoms with Gasteiger partial charge in [-0.2, -0.15) is 0 Å². The maximum atomic E-state index is 11.9. The van der Waals surface area contributed by atoms with Gasteiger partial charge in [0, 0.05) is 16.7 Å². The van der Waals surface area contributed by atoms with Crippen molar-refractivity contribution >= 4 is 50.7 Å². The Bertz CT molecular complexity index is 780. The second-order valence-corrected chi connectivity index (χ2v) is 7.35. The minimum atomic E-state index is -0.0448. The molecule has 3 nitrogen and oxygen atoms in total. The van der Waals surface area contributed by atoms with E-state index in [1.807, 2.05) is 43.3 Å². The lowest BCUT2D eigenvalue weighted by molar-refractivity contribution is -0.107. The Morgan fingerprint density at radius 2 is 2.23 bits per heavy atom. The smallest absolute Gasteiger partial charge is 0.244 e. The van der Waals surface area contributed by atoms with Gasteiger partial charge in [0.05, 0.1) is 0 Å². The SMILES string of the molecule is CCSC1=NC(=Cc2ccc(-c3cccc(Cl)c3)o2)C(=O)S1. The molecule has 2 heterocycles. The van der Waals surface area contributed by atoms with Gasteiger partial charge in [-0.05, 0) is 41.8 Å². The molecular formula is C16H12ClNO2S2. The average molecular weight is 350 g/mol. The normalized spacial score (nSPS) is 16.4. The fourth-order valence-electron chi connectivity index (χ4n) is 1.94. The summed E-state index contributed by atoms with van der Waals surface area (Å²) in [5, 5.41) is 0.610. The van der Waals surface area contributed by atoms with Crippen molar-refractivity contribution in [3.8, 4) is 11.3 Å². The van der Waals surface area contributed by atoms with Crippen molar-refractivity contribution < 1.29 is 9.21 Å². The van der Waals surface area contributed by atoms with E-state index in [2.05, 4.69) is 4.99 Å². The molecule has 0 bridgehead atoms. The van der Waals surface area contributed by atoms with E-state index in [1.165, 1.54) is 11.8 Å². The number of benzene rings is 1. The van der Waals surface area contributed by atoms with Gasteiger partial charge >= 0.3 is 0 Å². The van der Waals surface area contributed by atoms with Crippen molar-refractivity contribution in [2.24, 2.45) is 4.99 Å². The third-order valence-corrected chi connectivity index (χ3v) is 5.01. The molecule has 3 rings (SSSR count). The third-order valence-electron chi connectivity index (χ3n) is 2.88. The second kappa shape index (κ2) is 6.77. The number of carbonyl (C=O) groups excluding carboxylic acids is 1. The van der Waals surface area contributed by atoms with E-state index in [1.54, 1.807) is 17.8 Å². The highest BCUT2D eigenvalue weighted by molar-refractivity contribution is 8.45. The Hall–Kier alpha value is -1.43. The Morgan fingerprint density at radius 3 is 3.00 bits per heavy atom. The first kappa shape index (κ1) is 15.5. The molecule has 1 aromatic carbocycles. The van der Waals surface area contributed by atoms with Crippen LogP contribution < -0.4 is 0 Å². The molecule has 112 valence electrons. The molecule has 1 aliphatic heterocycles. The van der Waals surface area contributed by atoms with Gasteiger partial charge in [0.2, 0.25) is 5.12 Å². The first-order valence-electron chi connectivity index (χ1n) is 6.67. The number of hydrogen-bond acceptors (Lipinski definition) is 5. The average Bonchev–Trinajstić information content (AvgIpc) is 3.08. The van der Waals surface area contributed by atoms with Gasteiger partial charge in [-0.25, -0.2) is 4.99 Å². The number of carbonyl (C=O) groups is 1. The van der Waals surface area contributed by atoms with Gasteiger partial charge in [-0.3, -0.25) is 4.79 Å². The number of halogens is 1. The van der Waals surface area contributed by atoms with E-state index < -0.39 is 0 Å². The molecule has 0 aliphatic carbocycles. The zero-order chi connectivity index (χ0) is 15.5. The van der Waals surface area contributed by atoms with Gasteiger partial charge in [0.15, 0.2) is 0 Å². The molecule has 0 saturated carbocycles. The van der Waals surface area contributed by atoms with E-state index >= 15 is 0 Å². The van der Waals surface area contributed by atoms with Crippen LogP contribution in [0, 0.1) is 0 Å². The van der Waals surface area contributed by atoms with E-state index in [0.29, 0.717) is 22.2 Å². The van der Waals surface area contributed by atoms with E-state index in [0.717, 1.165) is 15.7 Å². The highest BCUT2D eigenvalue weighted by atomic mass is 35.5. The van der Waals surface area contributed by atoms with E-state index in [-0.39, 0.29) is 5.12 Å². The molecule has 0 atom stereocenters. The summed E-state index contributed by atoms with van der Waals surface area (Å²) < 4.78 is 6.55. The Labute approximate surface area is 141 Å². The molecule has 0 fully saturated rings. The summed E-state index contributed by atoms with van der Waals surface area (Å²) in [6, 6.07) is 11.1. The molecular weight excluding hydrogens is 338 g/mol. The molecule has 1 aliphatic rings. The van der Waals surface area contributed by atoms with Crippen molar-refractivity contribution in [2.45, 2.75) is 6.92 Å². The lowest BCUT2D eigenvalue weighted by atomic mass is 10.2. The number of furan rings is 1. The summed E-state index contributed by atoms with van der Waals surface area (Å²) in [6.07, 6.45) is 1.67. The Morgan fingerprint density at radius 1 is 1.36 bits per heavy atom. The summed E-state index contributed by atoms with van der Waals surface area (Å²) in [5.74, 6) is 2.21. The minimum absolute atomic E-state index is 0.0448. The van der Waals surface area contributed by atoms with E-state index in [4.69, 9.17) is 16.0 Å². The predicted octanol–water partition coefficient (Wildman–Crippen LogP) is 5.32. The summed E-state index contributed by atoms with van der Waals surface area (Å²) >= 11 is 8.72. The lowest BCUT2D eigenvalue weighted by Crippen LogP contribution is -1.87. The Balaban J connectivity index is 1.85. The van der Waals surface area contributed by atoms with Crippen LogP contribution in [-0.4, -0.2) is 15.2 Å². The predicted molar refractivity (Wildman–Crippen MR) is 95.3 cm³/mol. The van der Waals surface area contributed by atoms with Crippen LogP contribution in [0.1, 0.15) is 12.7 Å². The van der Waals surface area contributed by atoms with Crippen LogP contribution in [0.4, 0.5) is 0 Å². The van der Waals surface area contributed by atoms with Crippen LogP contribution in [0.3, 0.4) is 0 Å². The number of hydrogen-bond donors (Lipinski definition) is 0. The molecule has 6 heteroatoms. The fourth-order valence-corrected chi connectivity index (χ4v) is 3.87.